The summed E-state index contributed by atoms with van der Waals surface area (Å²) in [5.74, 6) is 1.10. The maximum atomic E-state index is 4.80. The second-order valence-electron chi connectivity index (χ2n) is 16.1. The van der Waals surface area contributed by atoms with Crippen molar-refractivity contribution in [2.24, 2.45) is 0 Å². The average molecular weight is 717 g/mol. The van der Waals surface area contributed by atoms with E-state index in [-0.39, 0.29) is 0 Å². The Kier molecular flexibility index (Phi) is 6.20. The summed E-state index contributed by atoms with van der Waals surface area (Å²) in [4.78, 5) is 14.2. The SMILES string of the molecule is c1ccc2c(c1)Cc1c-2ccc2c1Cc1cccc3c1N2c1cnccc1C3.c1ccc2c(c1)Cc1c-2ccc2c1Cc1cccc3c1N2c1ncccc1C3. The zero-order valence-corrected chi connectivity index (χ0v) is 30.9. The molecule has 4 heteroatoms. The van der Waals surface area contributed by atoms with Gasteiger partial charge in [0, 0.05) is 38.1 Å². The molecule has 0 bridgehead atoms. The van der Waals surface area contributed by atoms with Gasteiger partial charge in [-0.1, -0.05) is 103 Å². The molecule has 0 fully saturated rings. The Morgan fingerprint density at radius 3 is 1.52 bits per heavy atom. The third-order valence-corrected chi connectivity index (χ3v) is 13.2. The molecule has 14 rings (SSSR count). The van der Waals surface area contributed by atoms with Gasteiger partial charge in [0.05, 0.1) is 34.6 Å². The molecule has 0 saturated carbocycles. The summed E-state index contributed by atoms with van der Waals surface area (Å²) in [6.45, 7) is 0. The highest BCUT2D eigenvalue weighted by molar-refractivity contribution is 5.93. The largest absolute Gasteiger partial charge is 0.308 e. The van der Waals surface area contributed by atoms with E-state index < -0.39 is 0 Å². The molecule has 6 aromatic carbocycles. The first-order chi connectivity index (χ1) is 27.8. The molecule has 0 N–H and O–H groups in total. The summed E-state index contributed by atoms with van der Waals surface area (Å²) < 4.78 is 0. The van der Waals surface area contributed by atoms with Crippen molar-refractivity contribution in [3.05, 3.63) is 213 Å². The minimum Gasteiger partial charge on any atom is -0.308 e. The molecule has 6 heterocycles. The van der Waals surface area contributed by atoms with Crippen molar-refractivity contribution in [2.45, 2.75) is 38.5 Å². The zero-order valence-electron chi connectivity index (χ0n) is 30.9. The molecule has 2 aliphatic carbocycles. The van der Waals surface area contributed by atoms with Crippen LogP contribution in [0.15, 0.2) is 146 Å². The lowest BCUT2D eigenvalue weighted by molar-refractivity contribution is 0.971. The fourth-order valence-electron chi connectivity index (χ4n) is 10.8. The molecule has 0 radical (unpaired) electrons. The number of aromatic nitrogens is 2. The highest BCUT2D eigenvalue weighted by Crippen LogP contribution is 2.55. The summed E-state index contributed by atoms with van der Waals surface area (Å²) in [7, 11) is 0. The molecule has 264 valence electrons. The lowest BCUT2D eigenvalue weighted by Gasteiger charge is -2.39. The predicted octanol–water partition coefficient (Wildman–Crippen LogP) is 11.9. The summed E-state index contributed by atoms with van der Waals surface area (Å²) in [6, 6.07) is 47.0. The normalized spacial score (nSPS) is 14.6. The quantitative estimate of drug-likeness (QED) is 0.156. The van der Waals surface area contributed by atoms with Crippen LogP contribution < -0.4 is 9.80 Å². The van der Waals surface area contributed by atoms with Gasteiger partial charge in [0.1, 0.15) is 5.82 Å². The van der Waals surface area contributed by atoms with Gasteiger partial charge in [-0.25, -0.2) is 4.98 Å². The van der Waals surface area contributed by atoms with E-state index >= 15 is 0 Å². The highest BCUT2D eigenvalue weighted by atomic mass is 15.2. The first kappa shape index (κ1) is 30.5. The topological polar surface area (TPSA) is 32.3 Å². The number of hydrogen-bond acceptors (Lipinski definition) is 4. The second kappa shape index (κ2) is 11.4. The minimum absolute atomic E-state index is 0.967. The van der Waals surface area contributed by atoms with Crippen molar-refractivity contribution in [3.8, 4) is 22.3 Å². The van der Waals surface area contributed by atoms with Gasteiger partial charge in [0.25, 0.3) is 0 Å². The van der Waals surface area contributed by atoms with E-state index in [2.05, 4.69) is 142 Å². The molecule has 0 amide bonds. The molecule has 4 nitrogen and oxygen atoms in total. The number of para-hydroxylation sites is 2. The number of anilines is 6. The predicted molar refractivity (Wildman–Crippen MR) is 226 cm³/mol. The van der Waals surface area contributed by atoms with E-state index in [9.17, 15) is 0 Å². The molecular weight excluding hydrogens is 681 g/mol. The third kappa shape index (κ3) is 4.19. The van der Waals surface area contributed by atoms with E-state index in [1.807, 2.05) is 18.6 Å². The van der Waals surface area contributed by atoms with Crippen LogP contribution in [0.5, 0.6) is 0 Å². The van der Waals surface area contributed by atoms with Crippen LogP contribution in [0.1, 0.15) is 66.8 Å². The maximum absolute atomic E-state index is 4.80. The van der Waals surface area contributed by atoms with Crippen molar-refractivity contribution in [1.82, 2.24) is 9.97 Å². The van der Waals surface area contributed by atoms with Crippen molar-refractivity contribution in [1.29, 1.82) is 0 Å². The Hall–Kier alpha value is -6.78. The Morgan fingerprint density at radius 2 is 0.857 bits per heavy atom. The van der Waals surface area contributed by atoms with Gasteiger partial charge in [0.15, 0.2) is 0 Å². The van der Waals surface area contributed by atoms with Crippen LogP contribution in [0, 0.1) is 0 Å². The van der Waals surface area contributed by atoms with Crippen molar-refractivity contribution in [2.75, 3.05) is 9.80 Å². The molecule has 0 spiro atoms. The van der Waals surface area contributed by atoms with Crippen molar-refractivity contribution in [3.63, 3.8) is 0 Å². The van der Waals surface area contributed by atoms with Gasteiger partial charge >= 0.3 is 0 Å². The zero-order chi connectivity index (χ0) is 36.5. The van der Waals surface area contributed by atoms with Crippen molar-refractivity contribution < 1.29 is 0 Å². The molecule has 2 aromatic heterocycles. The lowest BCUT2D eigenvalue weighted by Crippen LogP contribution is -2.26. The van der Waals surface area contributed by atoms with Crippen LogP contribution >= 0.6 is 0 Å². The van der Waals surface area contributed by atoms with Crippen LogP contribution in [0.2, 0.25) is 0 Å². The van der Waals surface area contributed by atoms with Crippen LogP contribution in [0.4, 0.5) is 34.3 Å². The molecular formula is C52H36N4. The summed E-state index contributed by atoms with van der Waals surface area (Å²) in [5.41, 5.74) is 29.5. The molecule has 56 heavy (non-hydrogen) atoms. The van der Waals surface area contributed by atoms with E-state index in [4.69, 9.17) is 4.98 Å². The van der Waals surface area contributed by atoms with Crippen LogP contribution in [0.25, 0.3) is 22.3 Å². The van der Waals surface area contributed by atoms with Crippen LogP contribution in [-0.2, 0) is 38.5 Å². The smallest absolute Gasteiger partial charge is 0.141 e. The minimum atomic E-state index is 0.967. The lowest BCUT2D eigenvalue weighted by atomic mass is 9.84. The van der Waals surface area contributed by atoms with Gasteiger partial charge < -0.3 is 4.90 Å². The summed E-state index contributed by atoms with van der Waals surface area (Å²) >= 11 is 0. The van der Waals surface area contributed by atoms with E-state index in [1.165, 1.54) is 117 Å². The molecule has 0 atom stereocenters. The Bertz CT molecular complexity index is 2810. The van der Waals surface area contributed by atoms with Gasteiger partial charge in [-0.15, -0.1) is 0 Å². The first-order valence-electron chi connectivity index (χ1n) is 19.9. The fraction of sp³-hybridized carbons (Fsp3) is 0.115. The second-order valence-corrected chi connectivity index (χ2v) is 16.1. The number of benzene rings is 6. The third-order valence-electron chi connectivity index (χ3n) is 13.2. The first-order valence-corrected chi connectivity index (χ1v) is 19.9. The Morgan fingerprint density at radius 1 is 0.339 bits per heavy atom. The fourth-order valence-corrected chi connectivity index (χ4v) is 10.8. The summed E-state index contributed by atoms with van der Waals surface area (Å²) in [6.07, 6.45) is 11.9. The van der Waals surface area contributed by atoms with Crippen LogP contribution in [0.3, 0.4) is 0 Å². The van der Waals surface area contributed by atoms with E-state index in [0.29, 0.717) is 0 Å². The van der Waals surface area contributed by atoms with Crippen molar-refractivity contribution >= 4 is 34.3 Å². The van der Waals surface area contributed by atoms with E-state index in [0.717, 1.165) is 44.3 Å². The molecule has 6 aliphatic rings. The molecule has 4 aliphatic heterocycles. The van der Waals surface area contributed by atoms with Gasteiger partial charge in [0.2, 0.25) is 0 Å². The monoisotopic (exact) mass is 716 g/mol. The van der Waals surface area contributed by atoms with Gasteiger partial charge in [-0.3, -0.25) is 9.88 Å². The average Bonchev–Trinajstić information content (AvgIpc) is 3.83. The Labute approximate surface area is 326 Å². The van der Waals surface area contributed by atoms with Crippen LogP contribution in [-0.4, -0.2) is 9.97 Å². The van der Waals surface area contributed by atoms with Gasteiger partial charge in [-0.2, -0.15) is 0 Å². The molecule has 0 unspecified atom stereocenters. The van der Waals surface area contributed by atoms with Gasteiger partial charge in [-0.05, 0) is 126 Å². The Balaban J connectivity index is 0.000000118. The number of pyridine rings is 2. The number of rotatable bonds is 0. The summed E-state index contributed by atoms with van der Waals surface area (Å²) in [5, 5.41) is 0. The number of nitrogens with zero attached hydrogens (tertiary/aromatic N) is 4. The van der Waals surface area contributed by atoms with E-state index in [1.54, 1.807) is 0 Å². The maximum Gasteiger partial charge on any atom is 0.141 e. The molecule has 0 saturated heterocycles. The number of fused-ring (bicyclic) bond motifs is 16. The highest BCUT2D eigenvalue weighted by Gasteiger charge is 2.36. The number of hydrogen-bond donors (Lipinski definition) is 0. The molecule has 8 aromatic rings. The standard InChI is InChI=1S/2C26H18N2/c1-2-9-20-16(5-1)14-22-21(20)10-11-24-23(22)15-18-7-3-6-17-13-19-8-4-12-27-26(19)28(24)25(17)18;1-2-7-20-16(4-1)13-22-21(20)8-9-24-23(22)14-19-6-3-5-18-12-17-10-11-27-15-25(17)28(24)26(18)19/h1-12H,13-15H2;1-11,15H,12-14H2.